The molecule has 172 valence electrons. The van der Waals surface area contributed by atoms with Crippen molar-refractivity contribution in [3.05, 3.63) is 71.7 Å². The zero-order valence-electron chi connectivity index (χ0n) is 17.6. The molecule has 0 fully saturated rings. The van der Waals surface area contributed by atoms with Crippen molar-refractivity contribution >= 4 is 28.2 Å². The molecule has 0 aliphatic rings. The van der Waals surface area contributed by atoms with E-state index >= 15 is 0 Å². The zero-order valence-corrected chi connectivity index (χ0v) is 18.4. The predicted molar refractivity (Wildman–Crippen MR) is 121 cm³/mol. The summed E-state index contributed by atoms with van der Waals surface area (Å²) in [5, 5.41) is 14.0. The second kappa shape index (κ2) is 8.14. The normalized spacial score (nSPS) is 12.8. The molecule has 1 unspecified atom stereocenters. The molecule has 0 amide bonds. The molecule has 0 aliphatic carbocycles. The average Bonchev–Trinajstić information content (AvgIpc) is 3.56. The van der Waals surface area contributed by atoms with Crippen LogP contribution in [-0.4, -0.2) is 25.8 Å². The molecule has 2 aromatic carbocycles. The van der Waals surface area contributed by atoms with E-state index in [1.54, 1.807) is 72.3 Å². The molecule has 0 radical (unpaired) electrons. The molecule has 3 heterocycles. The van der Waals surface area contributed by atoms with Crippen molar-refractivity contribution < 1.29 is 27.6 Å². The summed E-state index contributed by atoms with van der Waals surface area (Å²) < 4.78 is 48.2. The standard InChI is InChI=1S/C24H16F3N3O3S/c1-13(23(31)32)30-11-10-15-16(8-5-9-18(15)30)21-28-22(33-29-21)19-12-17(14-6-3-2-4-7-14)20(34-19)24(25,26)27/h2-13H,1H3,(H,31,32). The van der Waals surface area contributed by atoms with Crippen LogP contribution in [0, 0.1) is 0 Å². The number of fused-ring (bicyclic) bond motifs is 1. The van der Waals surface area contributed by atoms with Gasteiger partial charge in [-0.2, -0.15) is 18.2 Å². The summed E-state index contributed by atoms with van der Waals surface area (Å²) in [5.41, 5.74) is 1.74. The third-order valence-corrected chi connectivity index (χ3v) is 6.66. The third-order valence-electron chi connectivity index (χ3n) is 5.49. The number of halogens is 3. The first-order valence-electron chi connectivity index (χ1n) is 10.2. The fourth-order valence-electron chi connectivity index (χ4n) is 3.81. The highest BCUT2D eigenvalue weighted by atomic mass is 32.1. The molecule has 0 saturated carbocycles. The van der Waals surface area contributed by atoms with E-state index in [1.165, 1.54) is 6.07 Å². The van der Waals surface area contributed by atoms with Gasteiger partial charge in [-0.1, -0.05) is 47.6 Å². The van der Waals surface area contributed by atoms with E-state index < -0.39 is 23.1 Å². The number of aliphatic carboxylic acids is 1. The number of hydrogen-bond donors (Lipinski definition) is 1. The summed E-state index contributed by atoms with van der Waals surface area (Å²) in [5.74, 6) is -0.801. The molecule has 3 aromatic heterocycles. The molecule has 34 heavy (non-hydrogen) atoms. The number of hydrogen-bond acceptors (Lipinski definition) is 5. The van der Waals surface area contributed by atoms with Crippen LogP contribution in [0.15, 0.2) is 71.4 Å². The van der Waals surface area contributed by atoms with Gasteiger partial charge in [0.2, 0.25) is 5.82 Å². The number of carbonyl (C=O) groups is 1. The quantitative estimate of drug-likeness (QED) is 0.299. The highest BCUT2D eigenvalue weighted by Crippen LogP contribution is 2.45. The molecule has 6 nitrogen and oxygen atoms in total. The van der Waals surface area contributed by atoms with Crippen LogP contribution in [0.2, 0.25) is 0 Å². The lowest BCUT2D eigenvalue weighted by molar-refractivity contribution is -0.140. The Morgan fingerprint density at radius 1 is 1.09 bits per heavy atom. The molecule has 5 rings (SSSR count). The van der Waals surface area contributed by atoms with E-state index in [2.05, 4.69) is 10.1 Å². The lowest BCUT2D eigenvalue weighted by Gasteiger charge is -2.10. The largest absolute Gasteiger partial charge is 0.480 e. The maximum atomic E-state index is 13.7. The van der Waals surface area contributed by atoms with E-state index in [-0.39, 0.29) is 22.2 Å². The molecule has 1 N–H and O–H groups in total. The van der Waals surface area contributed by atoms with Crippen molar-refractivity contribution in [2.24, 2.45) is 0 Å². The number of benzene rings is 2. The topological polar surface area (TPSA) is 81.1 Å². The van der Waals surface area contributed by atoms with Crippen LogP contribution >= 0.6 is 11.3 Å². The van der Waals surface area contributed by atoms with Crippen molar-refractivity contribution in [1.29, 1.82) is 0 Å². The van der Waals surface area contributed by atoms with Gasteiger partial charge < -0.3 is 14.2 Å². The van der Waals surface area contributed by atoms with Gasteiger partial charge in [-0.15, -0.1) is 11.3 Å². The molecular weight excluding hydrogens is 467 g/mol. The van der Waals surface area contributed by atoms with Gasteiger partial charge in [0.05, 0.1) is 4.88 Å². The average molecular weight is 483 g/mol. The summed E-state index contributed by atoms with van der Waals surface area (Å²) in [6, 6.07) is 16.0. The van der Waals surface area contributed by atoms with Crippen LogP contribution in [0.1, 0.15) is 17.8 Å². The highest BCUT2D eigenvalue weighted by molar-refractivity contribution is 7.16. The minimum Gasteiger partial charge on any atom is -0.480 e. The van der Waals surface area contributed by atoms with Crippen LogP contribution in [0.3, 0.4) is 0 Å². The van der Waals surface area contributed by atoms with Gasteiger partial charge in [0.1, 0.15) is 10.9 Å². The van der Waals surface area contributed by atoms with E-state index in [9.17, 15) is 23.1 Å². The van der Waals surface area contributed by atoms with Gasteiger partial charge in [-0.3, -0.25) is 0 Å². The number of carboxylic acids is 1. The summed E-state index contributed by atoms with van der Waals surface area (Å²) in [4.78, 5) is 15.2. The Morgan fingerprint density at radius 2 is 1.85 bits per heavy atom. The Balaban J connectivity index is 1.58. The Kier molecular flexibility index (Phi) is 5.24. The van der Waals surface area contributed by atoms with Crippen molar-refractivity contribution in [3.8, 4) is 33.3 Å². The summed E-state index contributed by atoms with van der Waals surface area (Å²) in [6.07, 6.45) is -2.87. The third kappa shape index (κ3) is 3.75. The van der Waals surface area contributed by atoms with Crippen LogP contribution in [0.4, 0.5) is 13.2 Å². The Hall–Kier alpha value is -3.92. The fraction of sp³-hybridized carbons (Fsp3) is 0.125. The minimum absolute atomic E-state index is 0.0250. The summed E-state index contributed by atoms with van der Waals surface area (Å²) >= 11 is 0.547. The maximum absolute atomic E-state index is 13.7. The predicted octanol–water partition coefficient (Wildman–Crippen LogP) is 6.75. The molecule has 1 atom stereocenters. The fourth-order valence-corrected chi connectivity index (χ4v) is 4.78. The maximum Gasteiger partial charge on any atom is 0.426 e. The number of nitrogens with zero attached hydrogens (tertiary/aromatic N) is 3. The minimum atomic E-state index is -4.54. The molecule has 0 bridgehead atoms. The van der Waals surface area contributed by atoms with Gasteiger partial charge >= 0.3 is 12.1 Å². The van der Waals surface area contributed by atoms with Crippen molar-refractivity contribution in [1.82, 2.24) is 14.7 Å². The number of rotatable bonds is 5. The first-order valence-corrected chi connectivity index (χ1v) is 11.0. The molecule has 10 heteroatoms. The lowest BCUT2D eigenvalue weighted by atomic mass is 10.1. The molecule has 5 aromatic rings. The molecule has 0 saturated heterocycles. The van der Waals surface area contributed by atoms with Crippen molar-refractivity contribution in [2.75, 3.05) is 0 Å². The zero-order chi connectivity index (χ0) is 24.0. The Bertz CT molecular complexity index is 1500. The summed E-state index contributed by atoms with van der Waals surface area (Å²) in [6.45, 7) is 1.57. The van der Waals surface area contributed by atoms with Gasteiger partial charge in [0.15, 0.2) is 0 Å². The first-order chi connectivity index (χ1) is 16.2. The van der Waals surface area contributed by atoms with Gasteiger partial charge in [0, 0.05) is 28.2 Å². The van der Waals surface area contributed by atoms with Crippen molar-refractivity contribution in [3.63, 3.8) is 0 Å². The SMILES string of the molecule is CC(C(=O)O)n1ccc2c(-c3noc(-c4cc(-c5ccccc5)c(C(F)(F)F)s4)n3)cccc21. The van der Waals surface area contributed by atoms with Crippen LogP contribution < -0.4 is 0 Å². The Labute approximate surface area is 194 Å². The van der Waals surface area contributed by atoms with Crippen LogP contribution in [0.5, 0.6) is 0 Å². The van der Waals surface area contributed by atoms with E-state index in [0.29, 0.717) is 33.4 Å². The Morgan fingerprint density at radius 3 is 2.56 bits per heavy atom. The van der Waals surface area contributed by atoms with Gasteiger partial charge in [0.25, 0.3) is 5.89 Å². The monoisotopic (exact) mass is 483 g/mol. The van der Waals surface area contributed by atoms with Gasteiger partial charge in [-0.05, 0) is 30.7 Å². The van der Waals surface area contributed by atoms with Gasteiger partial charge in [-0.25, -0.2) is 4.79 Å². The highest BCUT2D eigenvalue weighted by Gasteiger charge is 2.37. The number of carboxylic acid groups (broad SMARTS) is 1. The van der Waals surface area contributed by atoms with E-state index in [1.807, 2.05) is 0 Å². The number of aromatic nitrogens is 3. The van der Waals surface area contributed by atoms with E-state index in [0.717, 1.165) is 0 Å². The molecule has 0 aliphatic heterocycles. The van der Waals surface area contributed by atoms with E-state index in [4.69, 9.17) is 4.52 Å². The van der Waals surface area contributed by atoms with Crippen LogP contribution in [0.25, 0.3) is 44.2 Å². The molecule has 0 spiro atoms. The second-order valence-corrected chi connectivity index (χ2v) is 8.67. The smallest absolute Gasteiger partial charge is 0.426 e. The lowest BCUT2D eigenvalue weighted by Crippen LogP contribution is -2.14. The number of thiophene rings is 1. The first kappa shape index (κ1) is 21.9. The van der Waals surface area contributed by atoms with Crippen molar-refractivity contribution in [2.45, 2.75) is 19.1 Å². The number of alkyl halides is 3. The van der Waals surface area contributed by atoms with Crippen LogP contribution in [-0.2, 0) is 11.0 Å². The summed E-state index contributed by atoms with van der Waals surface area (Å²) in [7, 11) is 0. The second-order valence-electron chi connectivity index (χ2n) is 7.62. The molecular formula is C24H16F3N3O3S.